The summed E-state index contributed by atoms with van der Waals surface area (Å²) < 4.78 is 9.25. The molecule has 0 unspecified atom stereocenters. The van der Waals surface area contributed by atoms with Crippen LogP contribution < -0.4 is 0 Å². The van der Waals surface area contributed by atoms with Gasteiger partial charge in [-0.3, -0.25) is 4.68 Å². The van der Waals surface area contributed by atoms with Gasteiger partial charge < -0.3 is 9.52 Å². The number of pyridine rings is 1. The zero-order chi connectivity index (χ0) is 19.3. The zero-order valence-corrected chi connectivity index (χ0v) is 15.6. The number of carboxylic acid groups (broad SMARTS) is 1. The van der Waals surface area contributed by atoms with Gasteiger partial charge in [0.2, 0.25) is 5.76 Å². The Morgan fingerprint density at radius 3 is 2.63 bits per heavy atom. The summed E-state index contributed by atoms with van der Waals surface area (Å²) in [6, 6.07) is 7.20. The lowest BCUT2D eigenvalue weighted by molar-refractivity contribution is 0.0663. The normalized spacial score (nSPS) is 11.6. The maximum Gasteiger partial charge on any atom is 0.371 e. The lowest BCUT2D eigenvalue weighted by Gasteiger charge is -2.08. The summed E-state index contributed by atoms with van der Waals surface area (Å²) in [4.78, 5) is 11.1. The molecule has 0 aliphatic heterocycles. The molecule has 4 rings (SSSR count). The SMILES string of the molecule is Cc1nn(C(C)C)c(C)c1-c1cnn2ccc(-c3ccc(C(=O)O)o3)cc12. The summed E-state index contributed by atoms with van der Waals surface area (Å²) in [6.45, 7) is 8.28. The van der Waals surface area contributed by atoms with E-state index in [4.69, 9.17) is 9.52 Å². The van der Waals surface area contributed by atoms with Crippen molar-refractivity contribution in [1.82, 2.24) is 19.4 Å². The Hall–Kier alpha value is -3.35. The maximum atomic E-state index is 11.1. The van der Waals surface area contributed by atoms with Gasteiger partial charge in [-0.2, -0.15) is 10.2 Å². The van der Waals surface area contributed by atoms with Crippen molar-refractivity contribution in [2.24, 2.45) is 0 Å². The second-order valence-corrected chi connectivity index (χ2v) is 6.86. The molecule has 0 atom stereocenters. The van der Waals surface area contributed by atoms with Crippen LogP contribution in [-0.2, 0) is 0 Å². The molecule has 1 N–H and O–H groups in total. The molecule has 0 saturated heterocycles. The molecule has 7 heteroatoms. The highest BCUT2D eigenvalue weighted by molar-refractivity contribution is 5.87. The molecule has 7 nitrogen and oxygen atoms in total. The van der Waals surface area contributed by atoms with Gasteiger partial charge in [-0.1, -0.05) is 0 Å². The van der Waals surface area contributed by atoms with Gasteiger partial charge in [0.25, 0.3) is 0 Å². The molecule has 0 aliphatic rings. The van der Waals surface area contributed by atoms with Gasteiger partial charge in [0.05, 0.1) is 17.4 Å². The van der Waals surface area contributed by atoms with Crippen molar-refractivity contribution < 1.29 is 14.3 Å². The highest BCUT2D eigenvalue weighted by Crippen LogP contribution is 2.33. The minimum atomic E-state index is -1.08. The van der Waals surface area contributed by atoms with Crippen molar-refractivity contribution in [3.05, 3.63) is 53.8 Å². The van der Waals surface area contributed by atoms with Gasteiger partial charge in [0, 0.05) is 34.6 Å². The van der Waals surface area contributed by atoms with Crippen LogP contribution in [0.3, 0.4) is 0 Å². The van der Waals surface area contributed by atoms with E-state index in [1.165, 1.54) is 6.07 Å². The van der Waals surface area contributed by atoms with Crippen LogP contribution in [0.1, 0.15) is 41.8 Å². The van der Waals surface area contributed by atoms with Crippen molar-refractivity contribution >= 4 is 11.5 Å². The lowest BCUT2D eigenvalue weighted by Crippen LogP contribution is -2.04. The summed E-state index contributed by atoms with van der Waals surface area (Å²) in [5.74, 6) is -0.656. The largest absolute Gasteiger partial charge is 0.475 e. The van der Waals surface area contributed by atoms with E-state index in [2.05, 4.69) is 31.0 Å². The number of hydrogen-bond acceptors (Lipinski definition) is 4. The van der Waals surface area contributed by atoms with Gasteiger partial charge in [-0.15, -0.1) is 0 Å². The van der Waals surface area contributed by atoms with Crippen LogP contribution in [0.15, 0.2) is 41.1 Å². The zero-order valence-electron chi connectivity index (χ0n) is 15.6. The first-order chi connectivity index (χ1) is 12.9. The third kappa shape index (κ3) is 2.71. The van der Waals surface area contributed by atoms with Gasteiger partial charge >= 0.3 is 5.97 Å². The first kappa shape index (κ1) is 17.1. The van der Waals surface area contributed by atoms with Crippen molar-refractivity contribution in [3.8, 4) is 22.5 Å². The first-order valence-electron chi connectivity index (χ1n) is 8.73. The number of carbonyl (C=O) groups is 1. The topological polar surface area (TPSA) is 85.6 Å². The number of hydrogen-bond donors (Lipinski definition) is 1. The molecule has 4 aromatic heterocycles. The van der Waals surface area contributed by atoms with Crippen LogP contribution in [0.5, 0.6) is 0 Å². The number of aryl methyl sites for hydroxylation is 1. The third-order valence-electron chi connectivity index (χ3n) is 4.71. The van der Waals surface area contributed by atoms with E-state index in [0.717, 1.165) is 33.6 Å². The third-order valence-corrected chi connectivity index (χ3v) is 4.71. The molecule has 0 fully saturated rings. The van der Waals surface area contributed by atoms with Gasteiger partial charge in [-0.05, 0) is 52.0 Å². The molecule has 0 aromatic carbocycles. The smallest absolute Gasteiger partial charge is 0.371 e. The number of fused-ring (bicyclic) bond motifs is 1. The standard InChI is InChI=1S/C20H20N4O3/c1-11(2)24-13(4)19(12(3)22-24)15-10-21-23-8-7-14(9-16(15)23)17-5-6-18(27-17)20(25)26/h5-11H,1-4H3,(H,25,26). The fourth-order valence-corrected chi connectivity index (χ4v) is 3.49. The number of rotatable bonds is 4. The second-order valence-electron chi connectivity index (χ2n) is 6.86. The second kappa shape index (κ2) is 6.12. The Bertz CT molecular complexity index is 1160. The highest BCUT2D eigenvalue weighted by atomic mass is 16.4. The van der Waals surface area contributed by atoms with Gasteiger partial charge in [-0.25, -0.2) is 9.31 Å². The molecule has 0 amide bonds. The molecule has 138 valence electrons. The van der Waals surface area contributed by atoms with E-state index < -0.39 is 5.97 Å². The van der Waals surface area contributed by atoms with Crippen LogP contribution in [0.2, 0.25) is 0 Å². The molecule has 4 heterocycles. The van der Waals surface area contributed by atoms with Crippen LogP contribution in [0.4, 0.5) is 0 Å². The number of aromatic carboxylic acids is 1. The van der Waals surface area contributed by atoms with E-state index in [1.807, 2.05) is 36.1 Å². The molecule has 27 heavy (non-hydrogen) atoms. The Morgan fingerprint density at radius 2 is 2.00 bits per heavy atom. The minimum Gasteiger partial charge on any atom is -0.475 e. The summed E-state index contributed by atoms with van der Waals surface area (Å²) in [5.41, 5.74) is 5.81. The van der Waals surface area contributed by atoms with E-state index in [0.29, 0.717) is 5.76 Å². The predicted molar refractivity (Wildman–Crippen MR) is 101 cm³/mol. The molecule has 0 aliphatic carbocycles. The van der Waals surface area contributed by atoms with Gasteiger partial charge in [0.1, 0.15) is 5.76 Å². The van der Waals surface area contributed by atoms with Crippen LogP contribution >= 0.6 is 0 Å². The molecule has 0 radical (unpaired) electrons. The van der Waals surface area contributed by atoms with Gasteiger partial charge in [0.15, 0.2) is 0 Å². The summed E-state index contributed by atoms with van der Waals surface area (Å²) in [7, 11) is 0. The first-order valence-corrected chi connectivity index (χ1v) is 8.73. The maximum absolute atomic E-state index is 11.1. The molecule has 0 spiro atoms. The van der Waals surface area contributed by atoms with Crippen LogP contribution in [0, 0.1) is 13.8 Å². The Balaban J connectivity index is 1.87. The molecule has 0 saturated carbocycles. The summed E-state index contributed by atoms with van der Waals surface area (Å²) >= 11 is 0. The Morgan fingerprint density at radius 1 is 1.22 bits per heavy atom. The van der Waals surface area contributed by atoms with Crippen molar-refractivity contribution in [2.75, 3.05) is 0 Å². The van der Waals surface area contributed by atoms with Crippen LogP contribution in [0.25, 0.3) is 28.0 Å². The molecule has 0 bridgehead atoms. The van der Waals surface area contributed by atoms with Crippen molar-refractivity contribution in [2.45, 2.75) is 33.7 Å². The minimum absolute atomic E-state index is 0.0801. The number of carboxylic acids is 1. The van der Waals surface area contributed by atoms with E-state index in [9.17, 15) is 4.79 Å². The number of furan rings is 1. The van der Waals surface area contributed by atoms with Crippen molar-refractivity contribution in [1.29, 1.82) is 0 Å². The molecule has 4 aromatic rings. The summed E-state index contributed by atoms with van der Waals surface area (Å²) in [6.07, 6.45) is 3.68. The number of nitrogens with zero attached hydrogens (tertiary/aromatic N) is 4. The average Bonchev–Trinajstić information content (AvgIpc) is 3.32. The van der Waals surface area contributed by atoms with Crippen molar-refractivity contribution in [3.63, 3.8) is 0 Å². The molecular weight excluding hydrogens is 344 g/mol. The fourth-order valence-electron chi connectivity index (χ4n) is 3.49. The predicted octanol–water partition coefficient (Wildman–Crippen LogP) is 4.35. The Labute approximate surface area is 155 Å². The monoisotopic (exact) mass is 364 g/mol. The Kier molecular flexibility index (Phi) is 3.87. The van der Waals surface area contributed by atoms with E-state index >= 15 is 0 Å². The van der Waals surface area contributed by atoms with E-state index in [1.54, 1.807) is 10.6 Å². The number of aromatic nitrogens is 4. The highest BCUT2D eigenvalue weighted by Gasteiger charge is 2.19. The molecular formula is C20H20N4O3. The summed E-state index contributed by atoms with van der Waals surface area (Å²) in [5, 5.41) is 18.2. The average molecular weight is 364 g/mol. The quantitative estimate of drug-likeness (QED) is 0.582. The van der Waals surface area contributed by atoms with E-state index in [-0.39, 0.29) is 11.8 Å². The lowest BCUT2D eigenvalue weighted by atomic mass is 10.0. The fraction of sp³-hybridized carbons (Fsp3) is 0.250. The van der Waals surface area contributed by atoms with Crippen LogP contribution in [-0.4, -0.2) is 30.5 Å².